The second-order valence-corrected chi connectivity index (χ2v) is 16.5. The van der Waals surface area contributed by atoms with E-state index in [2.05, 4.69) is 39.0 Å². The van der Waals surface area contributed by atoms with E-state index in [1.54, 1.807) is 18.2 Å². The molecule has 0 spiro atoms. The Balaban J connectivity index is 1.12. The van der Waals surface area contributed by atoms with Crippen molar-refractivity contribution in [2.24, 2.45) is 34.5 Å². The number of hydrogen-bond acceptors (Lipinski definition) is 6. The Kier molecular flexibility index (Phi) is 8.70. The lowest BCUT2D eigenvalue weighted by Gasteiger charge is -2.48. The van der Waals surface area contributed by atoms with Crippen LogP contribution in [0.25, 0.3) is 5.57 Å². The van der Waals surface area contributed by atoms with E-state index in [1.807, 2.05) is 12.1 Å². The lowest BCUT2D eigenvalue weighted by atomic mass is 9.55. The molecule has 1 unspecified atom stereocenters. The summed E-state index contributed by atoms with van der Waals surface area (Å²) < 4.78 is 31.5. The summed E-state index contributed by atoms with van der Waals surface area (Å²) in [5, 5.41) is 0. The van der Waals surface area contributed by atoms with Gasteiger partial charge in [0.25, 0.3) is 0 Å². The second-order valence-electron chi connectivity index (χ2n) is 14.9. The first kappa shape index (κ1) is 31.9. The topological polar surface area (TPSA) is 94.6 Å². The van der Waals surface area contributed by atoms with Gasteiger partial charge in [0.2, 0.25) is 0 Å². The molecule has 4 aliphatic rings. The Bertz CT molecular complexity index is 1600. The molecule has 3 fully saturated rings. The number of hydrogen-bond donors (Lipinski definition) is 0. The summed E-state index contributed by atoms with van der Waals surface area (Å²) in [4.78, 5) is 35.4. The molecular formula is C38H46O6S. The van der Waals surface area contributed by atoms with Gasteiger partial charge < -0.3 is 8.98 Å². The Morgan fingerprint density at radius 2 is 1.69 bits per heavy atom. The maximum absolute atomic E-state index is 13.0. The Morgan fingerprint density at radius 3 is 2.42 bits per heavy atom. The number of fused-ring (bicyclic) bond motifs is 5. The zero-order valence-electron chi connectivity index (χ0n) is 26.8. The van der Waals surface area contributed by atoms with E-state index in [-0.39, 0.29) is 34.2 Å². The zero-order valence-corrected chi connectivity index (χ0v) is 27.6. The third-order valence-electron chi connectivity index (χ3n) is 12.4. The number of Topliss-reactive ketones (excluding diaryl/α,β-unsaturated/α-hetero) is 1. The summed E-state index contributed by atoms with van der Waals surface area (Å²) in [6, 6.07) is 13.7. The molecule has 45 heavy (non-hydrogen) atoms. The van der Waals surface area contributed by atoms with Gasteiger partial charge in [0.1, 0.15) is 24.1 Å². The van der Waals surface area contributed by atoms with Crippen molar-refractivity contribution in [1.29, 1.82) is 0 Å². The highest BCUT2D eigenvalue weighted by Gasteiger charge is 2.54. The van der Waals surface area contributed by atoms with Crippen molar-refractivity contribution < 1.29 is 27.0 Å². The number of rotatable bonds is 10. The fourth-order valence-electron chi connectivity index (χ4n) is 9.52. The molecule has 7 heteroatoms. The van der Waals surface area contributed by atoms with Gasteiger partial charge in [-0.2, -0.15) is 8.42 Å². The average molecular weight is 631 g/mol. The third kappa shape index (κ3) is 6.09. The number of aldehydes is 2. The maximum atomic E-state index is 13.0. The molecule has 0 radical (unpaired) electrons. The maximum Gasteiger partial charge on any atom is 0.309 e. The number of carbonyl (C=O) groups excluding carboxylic acids is 3. The summed E-state index contributed by atoms with van der Waals surface area (Å²) in [6.45, 7) is 6.31. The van der Waals surface area contributed by atoms with Gasteiger partial charge in [0, 0.05) is 18.3 Å². The van der Waals surface area contributed by atoms with Crippen LogP contribution in [-0.2, 0) is 37.3 Å². The Morgan fingerprint density at radius 1 is 0.933 bits per heavy atom. The van der Waals surface area contributed by atoms with Crippen molar-refractivity contribution in [3.05, 3.63) is 70.8 Å². The molecule has 240 valence electrons. The normalized spacial score (nSPS) is 30.7. The van der Waals surface area contributed by atoms with Crippen LogP contribution in [0, 0.1) is 34.5 Å². The first-order chi connectivity index (χ1) is 21.4. The number of allylic oxidation sites excluding steroid dienone is 2. The predicted octanol–water partition coefficient (Wildman–Crippen LogP) is 7.29. The van der Waals surface area contributed by atoms with Gasteiger partial charge in [-0.1, -0.05) is 51.1 Å². The van der Waals surface area contributed by atoms with Crippen LogP contribution in [0.3, 0.4) is 0 Å². The van der Waals surface area contributed by atoms with E-state index >= 15 is 0 Å². The zero-order chi connectivity index (χ0) is 32.0. The van der Waals surface area contributed by atoms with Crippen molar-refractivity contribution in [2.75, 3.05) is 5.75 Å². The van der Waals surface area contributed by atoms with Crippen LogP contribution in [0.4, 0.5) is 0 Å². The minimum Gasteiger partial charge on any atom is -0.382 e. The molecule has 3 saturated carbocycles. The molecule has 4 aliphatic carbocycles. The molecule has 6 nitrogen and oxygen atoms in total. The summed E-state index contributed by atoms with van der Waals surface area (Å²) >= 11 is 0. The number of benzene rings is 2. The summed E-state index contributed by atoms with van der Waals surface area (Å²) in [5.74, 6) is 2.39. The van der Waals surface area contributed by atoms with Crippen LogP contribution in [-0.4, -0.2) is 32.5 Å². The van der Waals surface area contributed by atoms with Gasteiger partial charge >= 0.3 is 10.1 Å². The van der Waals surface area contributed by atoms with E-state index in [9.17, 15) is 22.8 Å². The lowest BCUT2D eigenvalue weighted by molar-refractivity contribution is -0.129. The van der Waals surface area contributed by atoms with Crippen LogP contribution in [0.1, 0.15) is 100 Å². The molecule has 0 saturated heterocycles. The molecule has 0 aromatic heterocycles. The highest BCUT2D eigenvalue weighted by Crippen LogP contribution is 2.59. The lowest BCUT2D eigenvalue weighted by Crippen LogP contribution is -2.42. The monoisotopic (exact) mass is 630 g/mol. The fraction of sp³-hybridized carbons (Fsp3) is 0.553. The molecule has 0 heterocycles. The molecule has 2 aromatic rings. The number of ketones is 1. The molecule has 0 aliphatic heterocycles. The SMILES string of the molecule is CC1(C)C(CC=O)CC[C@@H]1CS(=O)(=O)Oc1ccc(C/C(=C\C=O)c2ccc3c(c2)CC[C@@H]2[C@@H]3CC[C@]3(C)C(=O)CC[C@@H]23)cc1. The van der Waals surface area contributed by atoms with Gasteiger partial charge in [-0.3, -0.25) is 9.59 Å². The molecule has 0 amide bonds. The van der Waals surface area contributed by atoms with Crippen molar-refractivity contribution in [3.63, 3.8) is 0 Å². The van der Waals surface area contributed by atoms with Gasteiger partial charge in [-0.25, -0.2) is 0 Å². The summed E-state index contributed by atoms with van der Waals surface area (Å²) in [7, 11) is -3.81. The van der Waals surface area contributed by atoms with Gasteiger partial charge in [0.15, 0.2) is 0 Å². The van der Waals surface area contributed by atoms with Crippen molar-refractivity contribution in [3.8, 4) is 5.75 Å². The minimum atomic E-state index is -3.81. The second kappa shape index (κ2) is 12.3. The smallest absolute Gasteiger partial charge is 0.309 e. The first-order valence-corrected chi connectivity index (χ1v) is 18.3. The quantitative estimate of drug-likeness (QED) is 0.156. The summed E-state index contributed by atoms with van der Waals surface area (Å²) in [5.41, 5.74) is 5.32. The first-order valence-electron chi connectivity index (χ1n) is 16.7. The van der Waals surface area contributed by atoms with Crippen molar-refractivity contribution >= 4 is 34.0 Å². The van der Waals surface area contributed by atoms with E-state index < -0.39 is 10.1 Å². The van der Waals surface area contributed by atoms with E-state index in [0.29, 0.717) is 36.4 Å². The van der Waals surface area contributed by atoms with Crippen LogP contribution in [0.15, 0.2) is 48.5 Å². The van der Waals surface area contributed by atoms with E-state index in [0.717, 1.165) is 80.6 Å². The van der Waals surface area contributed by atoms with Crippen LogP contribution in [0.5, 0.6) is 5.75 Å². The third-order valence-corrected chi connectivity index (χ3v) is 13.6. The van der Waals surface area contributed by atoms with E-state index in [1.165, 1.54) is 11.1 Å². The summed E-state index contributed by atoms with van der Waals surface area (Å²) in [6.07, 6.45) is 11.9. The fourth-order valence-corrected chi connectivity index (χ4v) is 11.1. The van der Waals surface area contributed by atoms with Gasteiger partial charge in [-0.15, -0.1) is 0 Å². The van der Waals surface area contributed by atoms with Crippen LogP contribution in [0.2, 0.25) is 0 Å². The van der Waals surface area contributed by atoms with Gasteiger partial charge in [0.05, 0.1) is 5.75 Å². The standard InChI is InChI=1S/C38H46O6S/c1-37(2)29(18-21-40)8-9-30(37)24-45(42,43)44-31-10-4-25(5-11-31)22-27(17-20-39)26-6-12-32-28(23-26)7-13-34-33(32)16-19-38(3)35(34)14-15-36(38)41/h4-6,10-12,17,20-21,23,29-30,33-35H,7-9,13-16,18-19,22,24H2,1-3H3/b27-17+/t29?,30-,33-,34-,35+,38+/m1/s1. The van der Waals surface area contributed by atoms with E-state index in [4.69, 9.17) is 4.18 Å². The number of aryl methyl sites for hydroxylation is 1. The predicted molar refractivity (Wildman–Crippen MR) is 175 cm³/mol. The average Bonchev–Trinajstić information content (AvgIpc) is 3.46. The largest absolute Gasteiger partial charge is 0.382 e. The molecule has 6 rings (SSSR count). The van der Waals surface area contributed by atoms with Crippen LogP contribution < -0.4 is 4.18 Å². The molecule has 0 bridgehead atoms. The van der Waals surface area contributed by atoms with Gasteiger partial charge in [-0.05, 0) is 132 Å². The molecular weight excluding hydrogens is 584 g/mol. The molecule has 6 atom stereocenters. The Hall–Kier alpha value is -3.06. The number of carbonyl (C=O) groups is 3. The molecule has 0 N–H and O–H groups in total. The molecule has 2 aromatic carbocycles. The van der Waals surface area contributed by atoms with Crippen molar-refractivity contribution in [2.45, 2.75) is 90.9 Å². The minimum absolute atomic E-state index is 0.0597. The highest BCUT2D eigenvalue weighted by molar-refractivity contribution is 7.87. The van der Waals surface area contributed by atoms with Crippen LogP contribution >= 0.6 is 0 Å². The van der Waals surface area contributed by atoms with Crippen molar-refractivity contribution in [1.82, 2.24) is 0 Å². The Labute approximate surface area is 268 Å². The highest BCUT2D eigenvalue weighted by atomic mass is 32.2.